The molecule has 0 bridgehead atoms. The predicted molar refractivity (Wildman–Crippen MR) is 54.4 cm³/mol. The van der Waals surface area contributed by atoms with Gasteiger partial charge in [0.05, 0.1) is 6.42 Å². The van der Waals surface area contributed by atoms with Crippen molar-refractivity contribution in [3.63, 3.8) is 0 Å². The van der Waals surface area contributed by atoms with Gasteiger partial charge in [-0.2, -0.15) is 8.42 Å². The molecule has 88 valence electrons. The number of hydrogen-bond donors (Lipinski definition) is 5. The summed E-state index contributed by atoms with van der Waals surface area (Å²) in [4.78, 5) is 19.4. The van der Waals surface area contributed by atoms with E-state index in [9.17, 15) is 9.59 Å². The van der Waals surface area contributed by atoms with E-state index in [0.717, 1.165) is 0 Å². The third-order valence-electron chi connectivity index (χ3n) is 0.653. The van der Waals surface area contributed by atoms with E-state index in [1.165, 1.54) is 0 Å². The van der Waals surface area contributed by atoms with Crippen LogP contribution in [-0.4, -0.2) is 110 Å². The number of carboxylic acids is 2. The van der Waals surface area contributed by atoms with Crippen molar-refractivity contribution in [2.75, 3.05) is 0 Å². The summed E-state index contributed by atoms with van der Waals surface area (Å²) in [5.74, 6) is -2.85. The quantitative estimate of drug-likeness (QED) is 0.266. The molecule has 0 aliphatic rings. The molecule has 0 fully saturated rings. The molecular formula is C4H10Na2O9S. The van der Waals surface area contributed by atoms with Crippen LogP contribution in [0.4, 0.5) is 0 Å². The Morgan fingerprint density at radius 1 is 1.06 bits per heavy atom. The Hall–Kier alpha value is 0.770. The zero-order valence-electron chi connectivity index (χ0n) is 6.56. The van der Waals surface area contributed by atoms with Crippen LogP contribution in [0.25, 0.3) is 0 Å². The molecule has 1 unspecified atom stereocenters. The average molecular weight is 280 g/mol. The first kappa shape index (κ1) is 25.6. The fourth-order valence-electron chi connectivity index (χ4n) is 0.253. The molecule has 0 aromatic rings. The Morgan fingerprint density at radius 2 is 1.31 bits per heavy atom. The molecule has 0 radical (unpaired) electrons. The summed E-state index contributed by atoms with van der Waals surface area (Å²) < 4.78 is 31.6. The van der Waals surface area contributed by atoms with Gasteiger partial charge in [-0.15, -0.1) is 0 Å². The second-order valence-electron chi connectivity index (χ2n) is 1.90. The van der Waals surface area contributed by atoms with Crippen molar-refractivity contribution in [1.82, 2.24) is 0 Å². The third kappa shape index (κ3) is 36.4. The molecule has 0 rings (SSSR count). The van der Waals surface area contributed by atoms with E-state index >= 15 is 0 Å². The van der Waals surface area contributed by atoms with Crippen molar-refractivity contribution in [1.29, 1.82) is 0 Å². The van der Waals surface area contributed by atoms with Crippen molar-refractivity contribution in [2.45, 2.75) is 12.5 Å². The number of aliphatic carboxylic acids is 2. The Kier molecular flexibility index (Phi) is 19.6. The first-order valence-electron chi connectivity index (χ1n) is 2.86. The van der Waals surface area contributed by atoms with Gasteiger partial charge in [0, 0.05) is 0 Å². The van der Waals surface area contributed by atoms with Crippen LogP contribution in [-0.2, 0) is 20.0 Å². The third-order valence-corrected chi connectivity index (χ3v) is 0.653. The van der Waals surface area contributed by atoms with E-state index in [1.807, 2.05) is 0 Å². The Balaban J connectivity index is -0.0000000904. The van der Waals surface area contributed by atoms with Crippen molar-refractivity contribution < 1.29 is 42.4 Å². The van der Waals surface area contributed by atoms with E-state index in [4.69, 9.17) is 32.8 Å². The number of aliphatic hydroxyl groups is 1. The molecule has 0 heterocycles. The molecule has 12 heteroatoms. The molecule has 16 heavy (non-hydrogen) atoms. The van der Waals surface area contributed by atoms with Gasteiger partial charge in [-0.1, -0.05) is 0 Å². The van der Waals surface area contributed by atoms with Gasteiger partial charge in [0.2, 0.25) is 0 Å². The number of hydrogen-bond acceptors (Lipinski definition) is 5. The summed E-state index contributed by atoms with van der Waals surface area (Å²) in [5.41, 5.74) is 0. The molecule has 0 aromatic carbocycles. The van der Waals surface area contributed by atoms with E-state index in [2.05, 4.69) is 0 Å². The predicted octanol–water partition coefficient (Wildman–Crippen LogP) is -3.04. The van der Waals surface area contributed by atoms with Gasteiger partial charge in [-0.25, -0.2) is 4.79 Å². The van der Waals surface area contributed by atoms with Crippen LogP contribution in [0.5, 0.6) is 0 Å². The molecule has 9 nitrogen and oxygen atoms in total. The molecule has 0 saturated carbocycles. The summed E-state index contributed by atoms with van der Waals surface area (Å²) in [6.07, 6.45) is -2.54. The van der Waals surface area contributed by atoms with Gasteiger partial charge in [-0.05, 0) is 0 Å². The van der Waals surface area contributed by atoms with Gasteiger partial charge in [0.25, 0.3) is 0 Å². The number of rotatable bonds is 3. The van der Waals surface area contributed by atoms with E-state index < -0.39 is 34.9 Å². The molecule has 5 N–H and O–H groups in total. The molecule has 1 atom stereocenters. The van der Waals surface area contributed by atoms with Crippen molar-refractivity contribution in [3.05, 3.63) is 0 Å². The molecule has 0 aliphatic heterocycles. The van der Waals surface area contributed by atoms with Crippen LogP contribution in [0, 0.1) is 0 Å². The molecule has 0 amide bonds. The summed E-state index contributed by atoms with van der Waals surface area (Å²) in [5, 5.41) is 24.1. The minimum absolute atomic E-state index is 0. The van der Waals surface area contributed by atoms with Gasteiger partial charge in [0.15, 0.2) is 6.10 Å². The average Bonchev–Trinajstić information content (AvgIpc) is 1.80. The summed E-state index contributed by atoms with van der Waals surface area (Å²) in [6, 6.07) is 0. The molecule has 0 aromatic heterocycles. The minimum atomic E-state index is -4.67. The SMILES string of the molecule is O=C(O)CC(O)C(=O)O.O=S(=O)(O)O.[NaH].[NaH]. The van der Waals surface area contributed by atoms with Crippen molar-refractivity contribution >= 4 is 81.5 Å². The van der Waals surface area contributed by atoms with Crippen LogP contribution in [0.15, 0.2) is 0 Å². The van der Waals surface area contributed by atoms with Gasteiger partial charge < -0.3 is 15.3 Å². The summed E-state index contributed by atoms with van der Waals surface area (Å²) in [6.45, 7) is 0. The van der Waals surface area contributed by atoms with Crippen LogP contribution < -0.4 is 0 Å². The number of carbonyl (C=O) groups is 2. The first-order chi connectivity index (χ1) is 6.04. The first-order valence-corrected chi connectivity index (χ1v) is 4.26. The Morgan fingerprint density at radius 3 is 1.38 bits per heavy atom. The molecule has 0 aliphatic carbocycles. The zero-order chi connectivity index (χ0) is 11.9. The van der Waals surface area contributed by atoms with Gasteiger partial charge in [0.1, 0.15) is 0 Å². The summed E-state index contributed by atoms with van der Waals surface area (Å²) in [7, 11) is -4.67. The maximum atomic E-state index is 9.72. The van der Waals surface area contributed by atoms with Crippen LogP contribution in [0.1, 0.15) is 6.42 Å². The Labute approximate surface area is 135 Å². The second-order valence-corrected chi connectivity index (χ2v) is 2.80. The number of aliphatic hydroxyl groups excluding tert-OH is 1. The van der Waals surface area contributed by atoms with Gasteiger partial charge >= 0.3 is 81.5 Å². The van der Waals surface area contributed by atoms with E-state index in [0.29, 0.717) is 0 Å². The Bertz CT molecular complexity index is 291. The topological polar surface area (TPSA) is 169 Å². The second kappa shape index (κ2) is 12.2. The fourth-order valence-corrected chi connectivity index (χ4v) is 0.253. The van der Waals surface area contributed by atoms with Crippen LogP contribution in [0.3, 0.4) is 0 Å². The molecular weight excluding hydrogens is 270 g/mol. The standard InChI is InChI=1S/C4H6O5.2Na.H2O4S.2H/c5-2(4(8)9)1-3(6)7;;;1-5(2,3)4;;/h2,5H,1H2,(H,6,7)(H,8,9);;;(H2,1,2,3,4);;. The molecule has 0 saturated heterocycles. The monoisotopic (exact) mass is 280 g/mol. The molecule has 0 spiro atoms. The van der Waals surface area contributed by atoms with Crippen molar-refractivity contribution in [2.24, 2.45) is 0 Å². The van der Waals surface area contributed by atoms with E-state index in [-0.39, 0.29) is 59.1 Å². The normalized spacial score (nSPS) is 10.7. The van der Waals surface area contributed by atoms with Crippen LogP contribution in [0.2, 0.25) is 0 Å². The van der Waals surface area contributed by atoms with Crippen molar-refractivity contribution in [3.8, 4) is 0 Å². The van der Waals surface area contributed by atoms with Gasteiger partial charge in [-0.3, -0.25) is 13.9 Å². The van der Waals surface area contributed by atoms with Crippen LogP contribution >= 0.6 is 0 Å². The summed E-state index contributed by atoms with van der Waals surface area (Å²) >= 11 is 0. The van der Waals surface area contributed by atoms with E-state index in [1.54, 1.807) is 0 Å². The maximum absolute atomic E-state index is 9.72. The number of carboxylic acid groups (broad SMARTS) is 2. The zero-order valence-corrected chi connectivity index (χ0v) is 7.38. The fraction of sp³-hybridized carbons (Fsp3) is 0.500.